The number of hydrogen-bond donors (Lipinski definition) is 1. The number of nitrogens with one attached hydrogen (secondary N) is 1. The smallest absolute Gasteiger partial charge is 0.131 e. The maximum absolute atomic E-state index is 14.3. The van der Waals surface area contributed by atoms with Crippen molar-refractivity contribution in [2.24, 2.45) is 5.92 Å². The van der Waals surface area contributed by atoms with Crippen molar-refractivity contribution in [2.45, 2.75) is 38.9 Å². The summed E-state index contributed by atoms with van der Waals surface area (Å²) in [5.41, 5.74) is 4.23. The van der Waals surface area contributed by atoms with E-state index in [0.29, 0.717) is 23.5 Å². The summed E-state index contributed by atoms with van der Waals surface area (Å²) >= 11 is 0. The molecule has 0 unspecified atom stereocenters. The lowest BCUT2D eigenvalue weighted by Crippen LogP contribution is -2.46. The van der Waals surface area contributed by atoms with Crippen LogP contribution in [0.3, 0.4) is 0 Å². The van der Waals surface area contributed by atoms with E-state index in [4.69, 9.17) is 15.2 Å². The summed E-state index contributed by atoms with van der Waals surface area (Å²) in [6.45, 7) is 9.76. The molecule has 3 heterocycles. The first kappa shape index (κ1) is 26.0. The molecule has 0 spiro atoms. The number of nitrogens with zero attached hydrogens (tertiary/aromatic N) is 6. The molecule has 4 aromatic rings. The molecule has 2 aromatic carbocycles. The maximum Gasteiger partial charge on any atom is 0.131 e. The molecule has 1 saturated carbocycles. The summed E-state index contributed by atoms with van der Waals surface area (Å²) in [7, 11) is 0. The second-order valence-electron chi connectivity index (χ2n) is 10.8. The van der Waals surface area contributed by atoms with E-state index in [0.717, 1.165) is 67.9 Å². The molecule has 2 aromatic heterocycles. The van der Waals surface area contributed by atoms with E-state index in [9.17, 15) is 4.39 Å². The van der Waals surface area contributed by atoms with Crippen LogP contribution in [0.25, 0.3) is 17.1 Å². The number of fused-ring (bicyclic) bond motifs is 1. The minimum Gasteiger partial charge on any atom is -0.366 e. The van der Waals surface area contributed by atoms with E-state index in [2.05, 4.69) is 44.5 Å². The van der Waals surface area contributed by atoms with Crippen molar-refractivity contribution in [1.29, 1.82) is 5.26 Å². The van der Waals surface area contributed by atoms with Crippen molar-refractivity contribution in [2.75, 3.05) is 36.4 Å². The summed E-state index contributed by atoms with van der Waals surface area (Å²) in [5.74, 6) is 3.13. The van der Waals surface area contributed by atoms with Gasteiger partial charge in [0.1, 0.15) is 23.3 Å². The lowest BCUT2D eigenvalue weighted by molar-refractivity contribution is 0.231. The quantitative estimate of drug-likeness (QED) is 0.291. The van der Waals surface area contributed by atoms with Gasteiger partial charge in [0.2, 0.25) is 0 Å². The number of hydrogen-bond acceptors (Lipinski definition) is 6. The van der Waals surface area contributed by atoms with Crippen LogP contribution in [0.2, 0.25) is 0 Å². The molecule has 1 saturated heterocycles. The number of aromatic nitrogens is 3. The van der Waals surface area contributed by atoms with Gasteiger partial charge in [-0.3, -0.25) is 4.90 Å². The number of benzene rings is 2. The molecule has 0 bridgehead atoms. The van der Waals surface area contributed by atoms with Crippen molar-refractivity contribution in [1.82, 2.24) is 19.4 Å². The highest BCUT2D eigenvalue weighted by molar-refractivity contribution is 5.79. The van der Waals surface area contributed by atoms with Crippen molar-refractivity contribution in [3.05, 3.63) is 89.5 Å². The van der Waals surface area contributed by atoms with Gasteiger partial charge < -0.3 is 14.8 Å². The van der Waals surface area contributed by atoms with Crippen LogP contribution in [0.5, 0.6) is 0 Å². The van der Waals surface area contributed by atoms with E-state index in [1.807, 2.05) is 30.3 Å². The normalized spacial score (nSPS) is 16.1. The Bertz CT molecular complexity index is 1560. The molecule has 8 heteroatoms. The van der Waals surface area contributed by atoms with Gasteiger partial charge in [-0.1, -0.05) is 37.3 Å². The van der Waals surface area contributed by atoms with Crippen LogP contribution < -0.4 is 10.2 Å². The molecule has 6 rings (SSSR count). The largest absolute Gasteiger partial charge is 0.366 e. The number of pyridine rings is 1. The number of piperazine rings is 1. The molecule has 0 atom stereocenters. The van der Waals surface area contributed by atoms with Crippen molar-refractivity contribution >= 4 is 28.7 Å². The zero-order chi connectivity index (χ0) is 27.5. The van der Waals surface area contributed by atoms with Crippen LogP contribution in [-0.4, -0.2) is 45.6 Å². The first-order chi connectivity index (χ1) is 19.6. The number of nitriles is 1. The molecule has 0 amide bonds. The fourth-order valence-corrected chi connectivity index (χ4v) is 5.55. The first-order valence-electron chi connectivity index (χ1n) is 14.1. The lowest BCUT2D eigenvalue weighted by atomic mass is 9.85. The Balaban J connectivity index is 1.09. The lowest BCUT2D eigenvalue weighted by Gasteiger charge is -2.35. The van der Waals surface area contributed by atoms with Gasteiger partial charge in [-0.15, -0.1) is 0 Å². The van der Waals surface area contributed by atoms with Gasteiger partial charge in [0, 0.05) is 44.8 Å². The van der Waals surface area contributed by atoms with Gasteiger partial charge in [0.25, 0.3) is 0 Å². The Hall–Kier alpha value is -4.22. The molecule has 1 N–H and O–H groups in total. The van der Waals surface area contributed by atoms with E-state index < -0.39 is 0 Å². The number of rotatable bonds is 9. The second kappa shape index (κ2) is 11.5. The maximum atomic E-state index is 14.3. The van der Waals surface area contributed by atoms with E-state index in [-0.39, 0.29) is 5.82 Å². The highest BCUT2D eigenvalue weighted by Gasteiger charge is 2.24. The Kier molecular flexibility index (Phi) is 7.47. The van der Waals surface area contributed by atoms with Crippen molar-refractivity contribution in [3.63, 3.8) is 0 Å². The topological polar surface area (TPSA) is 73.0 Å². The van der Waals surface area contributed by atoms with Crippen molar-refractivity contribution < 1.29 is 4.39 Å². The van der Waals surface area contributed by atoms with Gasteiger partial charge >= 0.3 is 0 Å². The molecule has 2 fully saturated rings. The van der Waals surface area contributed by atoms with Gasteiger partial charge in [0.05, 0.1) is 29.2 Å². The Morgan fingerprint density at radius 1 is 1.05 bits per heavy atom. The average molecular weight is 536 g/mol. The van der Waals surface area contributed by atoms with E-state index >= 15 is 0 Å². The minimum atomic E-state index is -0.388. The number of halogens is 1. The van der Waals surface area contributed by atoms with Crippen LogP contribution in [0, 0.1) is 23.1 Å². The SMILES string of the molecule is C=Cc1ccc2nc(CN3CCN(c4cccc(NCc5ccc(C#N)cc5F)n4)CC3)n(CC3CCC3)c2c1. The summed E-state index contributed by atoms with van der Waals surface area (Å²) in [4.78, 5) is 14.6. The molecule has 7 nitrogen and oxygen atoms in total. The minimum absolute atomic E-state index is 0.303. The monoisotopic (exact) mass is 535 g/mol. The third-order valence-electron chi connectivity index (χ3n) is 8.19. The summed E-state index contributed by atoms with van der Waals surface area (Å²) in [6.07, 6.45) is 5.86. The zero-order valence-electron chi connectivity index (χ0n) is 22.7. The average Bonchev–Trinajstić information content (AvgIpc) is 3.30. The Morgan fingerprint density at radius 3 is 2.62 bits per heavy atom. The van der Waals surface area contributed by atoms with Crippen LogP contribution in [0.1, 0.15) is 41.8 Å². The number of anilines is 2. The molecule has 40 heavy (non-hydrogen) atoms. The van der Waals surface area contributed by atoms with E-state index in [1.165, 1.54) is 30.8 Å². The zero-order valence-corrected chi connectivity index (χ0v) is 22.7. The third kappa shape index (κ3) is 5.56. The van der Waals surface area contributed by atoms with Crippen LogP contribution >= 0.6 is 0 Å². The van der Waals surface area contributed by atoms with Gasteiger partial charge in [-0.2, -0.15) is 5.26 Å². The Labute approximate surface area is 234 Å². The molecule has 1 aliphatic carbocycles. The fourth-order valence-electron chi connectivity index (χ4n) is 5.55. The van der Waals surface area contributed by atoms with Crippen molar-refractivity contribution in [3.8, 4) is 6.07 Å². The third-order valence-corrected chi connectivity index (χ3v) is 8.19. The Morgan fingerprint density at radius 2 is 1.90 bits per heavy atom. The van der Waals surface area contributed by atoms with Crippen LogP contribution in [0.15, 0.2) is 61.2 Å². The predicted octanol–water partition coefficient (Wildman–Crippen LogP) is 5.82. The van der Waals surface area contributed by atoms with Crippen LogP contribution in [-0.2, 0) is 19.6 Å². The van der Waals surface area contributed by atoms with Gasteiger partial charge in [-0.05, 0) is 60.7 Å². The van der Waals surface area contributed by atoms with E-state index in [1.54, 1.807) is 12.1 Å². The molecule has 204 valence electrons. The van der Waals surface area contributed by atoms with Gasteiger partial charge in [-0.25, -0.2) is 14.4 Å². The molecule has 0 radical (unpaired) electrons. The number of imidazole rings is 1. The molecular weight excluding hydrogens is 501 g/mol. The standard InChI is InChI=1S/C32H34FN7/c1-2-23-10-12-28-29(18-23)40(21-24-5-3-6-24)32(36-28)22-38-13-15-39(16-14-38)31-8-4-7-30(37-31)35-20-26-11-9-25(19-34)17-27(26)33/h2,4,7-12,17-18,24H,1,3,5-6,13-16,20-22H2,(H,35,37). The summed E-state index contributed by atoms with van der Waals surface area (Å²) in [5, 5.41) is 12.2. The summed E-state index contributed by atoms with van der Waals surface area (Å²) in [6, 6.07) is 18.8. The molecule has 1 aliphatic heterocycles. The predicted molar refractivity (Wildman–Crippen MR) is 157 cm³/mol. The molecule has 2 aliphatic rings. The second-order valence-corrected chi connectivity index (χ2v) is 10.8. The summed E-state index contributed by atoms with van der Waals surface area (Å²) < 4.78 is 16.7. The highest BCUT2D eigenvalue weighted by atomic mass is 19.1. The fraction of sp³-hybridized carbons (Fsp3) is 0.344. The van der Waals surface area contributed by atoms with Gasteiger partial charge in [0.15, 0.2) is 0 Å². The molecular formula is C32H34FN7. The highest BCUT2D eigenvalue weighted by Crippen LogP contribution is 2.31. The van der Waals surface area contributed by atoms with Crippen LogP contribution in [0.4, 0.5) is 16.0 Å². The first-order valence-corrected chi connectivity index (χ1v) is 14.1.